The molecule has 0 radical (unpaired) electrons. The largest absolute Gasteiger partial charge is 0.373 e. The van der Waals surface area contributed by atoms with Crippen molar-refractivity contribution in [3.8, 4) is 0 Å². The summed E-state index contributed by atoms with van der Waals surface area (Å²) in [7, 11) is 1.76. The maximum absolute atomic E-state index is 11.8. The predicted molar refractivity (Wildman–Crippen MR) is 63.5 cm³/mol. The number of hydrogen-bond acceptors (Lipinski definition) is 4. The molecule has 0 saturated carbocycles. The molecule has 2 aromatic heterocycles. The number of carbonyl (C=O) groups excluding carboxylic acids is 1. The van der Waals surface area contributed by atoms with E-state index in [9.17, 15) is 4.79 Å². The zero-order valence-electron chi connectivity index (χ0n) is 9.40. The number of anilines is 1. The smallest absolute Gasteiger partial charge is 0.251 e. The van der Waals surface area contributed by atoms with Crippen LogP contribution in [0.4, 0.5) is 5.82 Å². The number of carbonyl (C=O) groups is 1. The van der Waals surface area contributed by atoms with Gasteiger partial charge in [0.2, 0.25) is 0 Å². The minimum absolute atomic E-state index is 0.140. The zero-order valence-corrected chi connectivity index (χ0v) is 9.40. The molecule has 0 aromatic carbocycles. The Morgan fingerprint density at radius 2 is 2.41 bits per heavy atom. The molecule has 0 aliphatic rings. The fraction of sp³-hybridized carbons (Fsp3) is 0.182. The Morgan fingerprint density at radius 3 is 3.12 bits per heavy atom. The fourth-order valence-electron chi connectivity index (χ4n) is 1.37. The highest BCUT2D eigenvalue weighted by molar-refractivity contribution is 5.94. The zero-order chi connectivity index (χ0) is 12.1. The van der Waals surface area contributed by atoms with Crippen molar-refractivity contribution in [3.63, 3.8) is 0 Å². The van der Waals surface area contributed by atoms with Gasteiger partial charge in [0.05, 0.1) is 18.6 Å². The summed E-state index contributed by atoms with van der Waals surface area (Å²) in [6.07, 6.45) is 4.84. The lowest BCUT2D eigenvalue weighted by Crippen LogP contribution is -2.23. The van der Waals surface area contributed by atoms with Gasteiger partial charge in [0, 0.05) is 25.0 Å². The van der Waals surface area contributed by atoms with E-state index in [1.165, 1.54) is 0 Å². The van der Waals surface area contributed by atoms with Crippen LogP contribution in [0.1, 0.15) is 16.1 Å². The molecule has 0 unspecified atom stereocenters. The number of amides is 1. The Bertz CT molecular complexity index is 494. The Hall–Kier alpha value is -2.37. The molecule has 6 heteroatoms. The lowest BCUT2D eigenvalue weighted by atomic mass is 10.2. The maximum atomic E-state index is 11.8. The molecule has 2 heterocycles. The summed E-state index contributed by atoms with van der Waals surface area (Å²) < 4.78 is 0. The molecular formula is C11H13N5O. The van der Waals surface area contributed by atoms with Crippen molar-refractivity contribution in [2.24, 2.45) is 0 Å². The molecule has 2 aromatic rings. The van der Waals surface area contributed by atoms with Crippen LogP contribution in [-0.4, -0.2) is 27.9 Å². The van der Waals surface area contributed by atoms with Crippen LogP contribution in [0.5, 0.6) is 0 Å². The van der Waals surface area contributed by atoms with Crippen molar-refractivity contribution in [2.75, 3.05) is 12.4 Å². The van der Waals surface area contributed by atoms with E-state index in [1.54, 1.807) is 37.9 Å². The summed E-state index contributed by atoms with van der Waals surface area (Å²) in [4.78, 5) is 22.6. The lowest BCUT2D eigenvalue weighted by Gasteiger charge is -2.05. The van der Waals surface area contributed by atoms with Crippen molar-refractivity contribution >= 4 is 11.7 Å². The first-order valence-corrected chi connectivity index (χ1v) is 5.19. The Balaban J connectivity index is 1.99. The van der Waals surface area contributed by atoms with E-state index in [-0.39, 0.29) is 5.91 Å². The van der Waals surface area contributed by atoms with Crippen LogP contribution in [0.2, 0.25) is 0 Å². The van der Waals surface area contributed by atoms with E-state index >= 15 is 0 Å². The van der Waals surface area contributed by atoms with Gasteiger partial charge < -0.3 is 15.6 Å². The first-order chi connectivity index (χ1) is 8.29. The van der Waals surface area contributed by atoms with E-state index in [0.717, 1.165) is 5.69 Å². The van der Waals surface area contributed by atoms with Crippen LogP contribution in [0.3, 0.4) is 0 Å². The SMILES string of the molecule is CNc1cc(C(=O)NCc2cnc[nH]2)ccn1. The molecule has 3 N–H and O–H groups in total. The van der Waals surface area contributed by atoms with Gasteiger partial charge in [0.25, 0.3) is 5.91 Å². The van der Waals surface area contributed by atoms with E-state index in [1.807, 2.05) is 0 Å². The van der Waals surface area contributed by atoms with Crippen molar-refractivity contribution < 1.29 is 4.79 Å². The van der Waals surface area contributed by atoms with Gasteiger partial charge in [-0.15, -0.1) is 0 Å². The topological polar surface area (TPSA) is 82.7 Å². The number of imidazole rings is 1. The van der Waals surface area contributed by atoms with Crippen molar-refractivity contribution in [2.45, 2.75) is 6.54 Å². The number of aromatic amines is 1. The molecular weight excluding hydrogens is 218 g/mol. The maximum Gasteiger partial charge on any atom is 0.251 e. The molecule has 2 rings (SSSR count). The van der Waals surface area contributed by atoms with Crippen LogP contribution >= 0.6 is 0 Å². The van der Waals surface area contributed by atoms with Gasteiger partial charge in [-0.3, -0.25) is 4.79 Å². The summed E-state index contributed by atoms with van der Waals surface area (Å²) in [5.74, 6) is 0.526. The van der Waals surface area contributed by atoms with Gasteiger partial charge >= 0.3 is 0 Å². The molecule has 17 heavy (non-hydrogen) atoms. The lowest BCUT2D eigenvalue weighted by molar-refractivity contribution is 0.0950. The van der Waals surface area contributed by atoms with Crippen molar-refractivity contribution in [1.82, 2.24) is 20.3 Å². The number of hydrogen-bond donors (Lipinski definition) is 3. The highest BCUT2D eigenvalue weighted by Gasteiger charge is 2.06. The minimum atomic E-state index is -0.140. The molecule has 0 fully saturated rings. The summed E-state index contributed by atoms with van der Waals surface area (Å²) >= 11 is 0. The van der Waals surface area contributed by atoms with Gasteiger partial charge in [-0.2, -0.15) is 0 Å². The normalized spacial score (nSPS) is 9.94. The second-order valence-corrected chi connectivity index (χ2v) is 3.44. The van der Waals surface area contributed by atoms with Gasteiger partial charge in [-0.25, -0.2) is 9.97 Å². The Morgan fingerprint density at radius 1 is 1.53 bits per heavy atom. The highest BCUT2D eigenvalue weighted by Crippen LogP contribution is 2.05. The van der Waals surface area contributed by atoms with E-state index in [2.05, 4.69) is 25.6 Å². The van der Waals surface area contributed by atoms with Crippen LogP contribution < -0.4 is 10.6 Å². The van der Waals surface area contributed by atoms with E-state index in [0.29, 0.717) is 17.9 Å². The molecule has 0 bridgehead atoms. The van der Waals surface area contributed by atoms with Gasteiger partial charge in [0.1, 0.15) is 5.82 Å². The second kappa shape index (κ2) is 5.11. The van der Waals surface area contributed by atoms with E-state index in [4.69, 9.17) is 0 Å². The number of nitrogens with zero attached hydrogens (tertiary/aromatic N) is 2. The average Bonchev–Trinajstić information content (AvgIpc) is 2.89. The van der Waals surface area contributed by atoms with Gasteiger partial charge in [-0.1, -0.05) is 0 Å². The monoisotopic (exact) mass is 231 g/mol. The van der Waals surface area contributed by atoms with Crippen LogP contribution in [-0.2, 0) is 6.54 Å². The molecule has 0 aliphatic heterocycles. The quantitative estimate of drug-likeness (QED) is 0.726. The first kappa shape index (κ1) is 11.1. The Labute approximate surface area is 98.5 Å². The highest BCUT2D eigenvalue weighted by atomic mass is 16.1. The third kappa shape index (κ3) is 2.81. The predicted octanol–water partition coefficient (Wildman–Crippen LogP) is 0.776. The van der Waals surface area contributed by atoms with Crippen LogP contribution in [0.15, 0.2) is 30.9 Å². The summed E-state index contributed by atoms with van der Waals surface area (Å²) in [5, 5.41) is 5.67. The van der Waals surface area contributed by atoms with Gasteiger partial charge in [-0.05, 0) is 12.1 Å². The van der Waals surface area contributed by atoms with Gasteiger partial charge in [0.15, 0.2) is 0 Å². The average molecular weight is 231 g/mol. The number of H-pyrrole nitrogens is 1. The molecule has 1 amide bonds. The molecule has 0 aliphatic carbocycles. The number of rotatable bonds is 4. The minimum Gasteiger partial charge on any atom is -0.373 e. The Kier molecular flexibility index (Phi) is 3.34. The number of aromatic nitrogens is 3. The number of pyridine rings is 1. The molecule has 88 valence electrons. The first-order valence-electron chi connectivity index (χ1n) is 5.19. The molecule has 0 saturated heterocycles. The van der Waals surface area contributed by atoms with Crippen molar-refractivity contribution in [3.05, 3.63) is 42.1 Å². The number of nitrogens with one attached hydrogen (secondary N) is 3. The fourth-order valence-corrected chi connectivity index (χ4v) is 1.37. The van der Waals surface area contributed by atoms with Crippen molar-refractivity contribution in [1.29, 1.82) is 0 Å². The summed E-state index contributed by atoms with van der Waals surface area (Å²) in [6.45, 7) is 0.427. The second-order valence-electron chi connectivity index (χ2n) is 3.44. The third-order valence-electron chi connectivity index (χ3n) is 2.27. The molecule has 0 spiro atoms. The van der Waals surface area contributed by atoms with E-state index < -0.39 is 0 Å². The molecule has 6 nitrogen and oxygen atoms in total. The van der Waals surface area contributed by atoms with Crippen LogP contribution in [0, 0.1) is 0 Å². The molecule has 0 atom stereocenters. The third-order valence-corrected chi connectivity index (χ3v) is 2.27. The summed E-state index contributed by atoms with van der Waals surface area (Å²) in [6, 6.07) is 3.37. The standard InChI is InChI=1S/C11H13N5O/c1-12-10-4-8(2-3-14-10)11(17)15-6-9-5-13-7-16-9/h2-5,7H,6H2,1H3,(H,12,14)(H,13,16)(H,15,17). The van der Waals surface area contributed by atoms with Crippen LogP contribution in [0.25, 0.3) is 0 Å². The summed E-state index contributed by atoms with van der Waals surface area (Å²) in [5.41, 5.74) is 1.44.